The highest BCUT2D eigenvalue weighted by atomic mass is 79.9. The third-order valence-corrected chi connectivity index (χ3v) is 3.38. The minimum Gasteiger partial charge on any atom is -0.313 e. The van der Waals surface area contributed by atoms with E-state index in [1.165, 1.54) is 5.57 Å². The zero-order chi connectivity index (χ0) is 12.1. The van der Waals surface area contributed by atoms with Crippen molar-refractivity contribution in [3.05, 3.63) is 45.4 Å². The highest BCUT2D eigenvalue weighted by Crippen LogP contribution is 2.29. The first kappa shape index (κ1) is 13.8. The maximum atomic E-state index is 6.20. The highest BCUT2D eigenvalue weighted by molar-refractivity contribution is 9.10. The van der Waals surface area contributed by atoms with Crippen LogP contribution in [0, 0.1) is 0 Å². The largest absolute Gasteiger partial charge is 0.313 e. The Kier molecular flexibility index (Phi) is 5.53. The fraction of sp³-hybridized carbons (Fsp3) is 0.385. The van der Waals surface area contributed by atoms with Crippen LogP contribution in [0.2, 0.25) is 5.02 Å². The van der Waals surface area contributed by atoms with Crippen molar-refractivity contribution in [3.8, 4) is 0 Å². The first-order valence-electron chi connectivity index (χ1n) is 5.31. The van der Waals surface area contributed by atoms with E-state index in [9.17, 15) is 0 Å². The number of benzene rings is 1. The number of nitrogens with one attached hydrogen (secondary N) is 1. The SMILES string of the molecule is C=C(C)CCC(NC)c1cc(Br)ccc1Cl. The lowest BCUT2D eigenvalue weighted by molar-refractivity contribution is 0.548. The molecule has 0 bridgehead atoms. The smallest absolute Gasteiger partial charge is 0.0454 e. The Morgan fingerprint density at radius 1 is 1.56 bits per heavy atom. The fourth-order valence-corrected chi connectivity index (χ4v) is 2.26. The molecule has 1 aromatic carbocycles. The number of rotatable bonds is 5. The molecule has 0 aliphatic heterocycles. The summed E-state index contributed by atoms with van der Waals surface area (Å²) >= 11 is 9.67. The summed E-state index contributed by atoms with van der Waals surface area (Å²) in [6.07, 6.45) is 2.02. The highest BCUT2D eigenvalue weighted by Gasteiger charge is 2.12. The van der Waals surface area contributed by atoms with Crippen molar-refractivity contribution in [2.24, 2.45) is 0 Å². The van der Waals surface area contributed by atoms with Crippen LogP contribution in [-0.4, -0.2) is 7.05 Å². The molecule has 1 N–H and O–H groups in total. The zero-order valence-electron chi connectivity index (χ0n) is 9.69. The average Bonchev–Trinajstić information content (AvgIpc) is 2.23. The summed E-state index contributed by atoms with van der Waals surface area (Å²) in [6, 6.07) is 6.23. The Hall–Kier alpha value is -0.310. The van der Waals surface area contributed by atoms with Crippen molar-refractivity contribution in [2.75, 3.05) is 7.05 Å². The second-order valence-electron chi connectivity index (χ2n) is 4.00. The van der Waals surface area contributed by atoms with E-state index in [2.05, 4.69) is 40.8 Å². The van der Waals surface area contributed by atoms with Crippen LogP contribution in [-0.2, 0) is 0 Å². The molecule has 0 saturated carbocycles. The first-order chi connectivity index (χ1) is 7.54. The lowest BCUT2D eigenvalue weighted by Gasteiger charge is -2.18. The third kappa shape index (κ3) is 3.93. The average molecular weight is 303 g/mol. The van der Waals surface area contributed by atoms with Crippen molar-refractivity contribution in [1.82, 2.24) is 5.32 Å². The van der Waals surface area contributed by atoms with Gasteiger partial charge in [-0.25, -0.2) is 0 Å². The molecule has 0 saturated heterocycles. The molecule has 0 aliphatic rings. The van der Waals surface area contributed by atoms with Crippen molar-refractivity contribution < 1.29 is 0 Å². The number of allylic oxidation sites excluding steroid dienone is 1. The predicted molar refractivity (Wildman–Crippen MR) is 75.0 cm³/mol. The summed E-state index contributed by atoms with van der Waals surface area (Å²) < 4.78 is 1.06. The molecular weight excluding hydrogens is 286 g/mol. The molecule has 0 amide bonds. The summed E-state index contributed by atoms with van der Waals surface area (Å²) in [4.78, 5) is 0. The van der Waals surface area contributed by atoms with Crippen LogP contribution >= 0.6 is 27.5 Å². The van der Waals surface area contributed by atoms with Gasteiger partial charge in [0.15, 0.2) is 0 Å². The Morgan fingerprint density at radius 2 is 2.25 bits per heavy atom. The second kappa shape index (κ2) is 6.43. The Morgan fingerprint density at radius 3 is 2.81 bits per heavy atom. The molecule has 1 rings (SSSR count). The molecule has 1 unspecified atom stereocenters. The van der Waals surface area contributed by atoms with Gasteiger partial charge in [-0.15, -0.1) is 6.58 Å². The molecule has 88 valence electrons. The van der Waals surface area contributed by atoms with Crippen LogP contribution in [0.15, 0.2) is 34.8 Å². The van der Waals surface area contributed by atoms with Crippen molar-refractivity contribution in [3.63, 3.8) is 0 Å². The topological polar surface area (TPSA) is 12.0 Å². The zero-order valence-corrected chi connectivity index (χ0v) is 12.0. The normalized spacial score (nSPS) is 12.5. The van der Waals surface area contributed by atoms with Gasteiger partial charge in [0.2, 0.25) is 0 Å². The van der Waals surface area contributed by atoms with Crippen molar-refractivity contribution in [2.45, 2.75) is 25.8 Å². The lowest BCUT2D eigenvalue weighted by atomic mass is 10.00. The van der Waals surface area contributed by atoms with Gasteiger partial charge in [0.1, 0.15) is 0 Å². The van der Waals surface area contributed by atoms with E-state index in [-0.39, 0.29) is 6.04 Å². The maximum Gasteiger partial charge on any atom is 0.0454 e. The molecule has 1 nitrogen and oxygen atoms in total. The predicted octanol–water partition coefficient (Wildman–Crippen LogP) is 4.72. The van der Waals surface area contributed by atoms with Crippen LogP contribution in [0.3, 0.4) is 0 Å². The van der Waals surface area contributed by atoms with E-state index in [4.69, 9.17) is 11.6 Å². The van der Waals surface area contributed by atoms with E-state index < -0.39 is 0 Å². The van der Waals surface area contributed by atoms with Crippen molar-refractivity contribution >= 4 is 27.5 Å². The molecule has 0 radical (unpaired) electrons. The Bertz CT molecular complexity index is 376. The van der Waals surface area contributed by atoms with Gasteiger partial charge in [0.25, 0.3) is 0 Å². The van der Waals surface area contributed by atoms with Crippen LogP contribution in [0.1, 0.15) is 31.4 Å². The quantitative estimate of drug-likeness (QED) is 0.776. The molecule has 0 aliphatic carbocycles. The first-order valence-corrected chi connectivity index (χ1v) is 6.48. The summed E-state index contributed by atoms with van der Waals surface area (Å²) in [5.41, 5.74) is 2.34. The van der Waals surface area contributed by atoms with E-state index in [1.807, 2.05) is 19.2 Å². The number of halogens is 2. The maximum absolute atomic E-state index is 6.20. The standard InChI is InChI=1S/C13H17BrClN/c1-9(2)4-7-13(16-3)11-8-10(14)5-6-12(11)15/h5-6,8,13,16H,1,4,7H2,2-3H3. The molecular formula is C13H17BrClN. The Labute approximate surface area is 111 Å². The van der Waals surface area contributed by atoms with Crippen LogP contribution in [0.25, 0.3) is 0 Å². The molecule has 0 aromatic heterocycles. The van der Waals surface area contributed by atoms with Gasteiger partial charge in [0, 0.05) is 15.5 Å². The minimum absolute atomic E-state index is 0.279. The van der Waals surface area contributed by atoms with E-state index in [0.717, 1.165) is 27.9 Å². The number of hydrogen-bond donors (Lipinski definition) is 1. The fourth-order valence-electron chi connectivity index (χ4n) is 1.63. The van der Waals surface area contributed by atoms with Gasteiger partial charge < -0.3 is 5.32 Å². The summed E-state index contributed by atoms with van der Waals surface area (Å²) in [5.74, 6) is 0. The molecule has 0 fully saturated rings. The second-order valence-corrected chi connectivity index (χ2v) is 5.33. The van der Waals surface area contributed by atoms with Gasteiger partial charge in [0.05, 0.1) is 0 Å². The van der Waals surface area contributed by atoms with Gasteiger partial charge >= 0.3 is 0 Å². The molecule has 1 aromatic rings. The summed E-state index contributed by atoms with van der Waals surface area (Å²) in [6.45, 7) is 5.98. The summed E-state index contributed by atoms with van der Waals surface area (Å²) in [5, 5.41) is 4.10. The van der Waals surface area contributed by atoms with E-state index in [1.54, 1.807) is 0 Å². The van der Waals surface area contributed by atoms with E-state index in [0.29, 0.717) is 0 Å². The molecule has 16 heavy (non-hydrogen) atoms. The number of hydrogen-bond acceptors (Lipinski definition) is 1. The van der Waals surface area contributed by atoms with Crippen LogP contribution in [0.5, 0.6) is 0 Å². The van der Waals surface area contributed by atoms with Gasteiger partial charge in [-0.2, -0.15) is 0 Å². The van der Waals surface area contributed by atoms with Gasteiger partial charge in [-0.1, -0.05) is 33.1 Å². The Balaban J connectivity index is 2.85. The minimum atomic E-state index is 0.279. The molecule has 1 atom stereocenters. The van der Waals surface area contributed by atoms with Gasteiger partial charge in [-0.05, 0) is 50.6 Å². The molecule has 0 spiro atoms. The third-order valence-electron chi connectivity index (χ3n) is 2.54. The van der Waals surface area contributed by atoms with Gasteiger partial charge in [-0.3, -0.25) is 0 Å². The lowest BCUT2D eigenvalue weighted by Crippen LogP contribution is -2.16. The molecule has 3 heteroatoms. The summed E-state index contributed by atoms with van der Waals surface area (Å²) in [7, 11) is 1.96. The monoisotopic (exact) mass is 301 g/mol. The molecule has 0 heterocycles. The van der Waals surface area contributed by atoms with E-state index >= 15 is 0 Å². The van der Waals surface area contributed by atoms with Crippen LogP contribution in [0.4, 0.5) is 0 Å². The van der Waals surface area contributed by atoms with Crippen molar-refractivity contribution in [1.29, 1.82) is 0 Å². The van der Waals surface area contributed by atoms with Crippen LogP contribution < -0.4 is 5.32 Å².